The van der Waals surface area contributed by atoms with Gasteiger partial charge in [-0.05, 0) is 42.0 Å². The molecule has 0 saturated carbocycles. The van der Waals surface area contributed by atoms with E-state index in [9.17, 15) is 17.6 Å². The van der Waals surface area contributed by atoms with E-state index in [1.807, 2.05) is 0 Å². The van der Waals surface area contributed by atoms with Gasteiger partial charge in [0.15, 0.2) is 11.3 Å². The molecule has 0 spiro atoms. The van der Waals surface area contributed by atoms with Crippen LogP contribution < -0.4 is 5.32 Å². The van der Waals surface area contributed by atoms with E-state index >= 15 is 0 Å². The minimum Gasteiger partial charge on any atom is -0.449 e. The fourth-order valence-electron chi connectivity index (χ4n) is 2.87. The van der Waals surface area contributed by atoms with Gasteiger partial charge in [0.05, 0.1) is 21.0 Å². The lowest BCUT2D eigenvalue weighted by molar-refractivity contribution is 0.0925. The topological polar surface area (TPSA) is 89.3 Å². The van der Waals surface area contributed by atoms with Crippen LogP contribution >= 0.6 is 11.6 Å². The van der Waals surface area contributed by atoms with Crippen molar-refractivity contribution in [1.82, 2.24) is 10.3 Å². The predicted molar refractivity (Wildman–Crippen MR) is 108 cm³/mol. The van der Waals surface area contributed by atoms with Gasteiger partial charge in [0, 0.05) is 18.1 Å². The zero-order valence-electron chi connectivity index (χ0n) is 15.3. The van der Waals surface area contributed by atoms with Gasteiger partial charge in [-0.2, -0.15) is 0 Å². The second kappa shape index (κ2) is 7.89. The number of amides is 1. The summed E-state index contributed by atoms with van der Waals surface area (Å²) in [7, 11) is -3.98. The summed E-state index contributed by atoms with van der Waals surface area (Å²) in [5.41, 5.74) is 1.18. The van der Waals surface area contributed by atoms with E-state index in [2.05, 4.69) is 10.3 Å². The van der Waals surface area contributed by atoms with Crippen molar-refractivity contribution in [2.75, 3.05) is 0 Å². The number of nitrogens with one attached hydrogen (secondary N) is 1. The van der Waals surface area contributed by atoms with E-state index in [0.717, 1.165) is 11.5 Å². The van der Waals surface area contributed by atoms with Gasteiger partial charge in [0.1, 0.15) is 5.82 Å². The second-order valence-electron chi connectivity index (χ2n) is 6.41. The summed E-state index contributed by atoms with van der Waals surface area (Å²) < 4.78 is 44.5. The summed E-state index contributed by atoms with van der Waals surface area (Å²) >= 11 is 5.82. The smallest absolute Gasteiger partial charge is 0.287 e. The number of fused-ring (bicyclic) bond motifs is 1. The molecule has 0 unspecified atom stereocenters. The third-order valence-electron chi connectivity index (χ3n) is 4.44. The number of benzene rings is 2. The Morgan fingerprint density at radius 1 is 1.13 bits per heavy atom. The molecule has 1 amide bonds. The number of hydrogen-bond acceptors (Lipinski definition) is 5. The molecule has 0 saturated heterocycles. The second-order valence-corrected chi connectivity index (χ2v) is 8.70. The van der Waals surface area contributed by atoms with E-state index in [1.165, 1.54) is 30.5 Å². The van der Waals surface area contributed by atoms with Crippen LogP contribution in [0.3, 0.4) is 0 Å². The van der Waals surface area contributed by atoms with E-state index in [0.29, 0.717) is 11.1 Å². The summed E-state index contributed by atoms with van der Waals surface area (Å²) in [5.74, 6) is -1.06. The number of rotatable bonds is 5. The van der Waals surface area contributed by atoms with Crippen molar-refractivity contribution in [3.05, 3.63) is 89.2 Å². The van der Waals surface area contributed by atoms with E-state index < -0.39 is 26.6 Å². The maximum Gasteiger partial charge on any atom is 0.287 e. The van der Waals surface area contributed by atoms with Crippen LogP contribution in [0.15, 0.2) is 81.2 Å². The van der Waals surface area contributed by atoms with Gasteiger partial charge in [-0.3, -0.25) is 9.78 Å². The van der Waals surface area contributed by atoms with Crippen molar-refractivity contribution in [2.24, 2.45) is 0 Å². The van der Waals surface area contributed by atoms with Crippen molar-refractivity contribution in [2.45, 2.75) is 16.3 Å². The lowest BCUT2D eigenvalue weighted by Crippen LogP contribution is -2.22. The highest BCUT2D eigenvalue weighted by Gasteiger charge is 2.22. The summed E-state index contributed by atoms with van der Waals surface area (Å²) in [4.78, 5) is 15.9. The summed E-state index contributed by atoms with van der Waals surface area (Å²) in [6.45, 7) is 0.162. The average Bonchev–Trinajstić information content (AvgIpc) is 3.18. The number of hydrogen-bond donors (Lipinski definition) is 1. The maximum absolute atomic E-state index is 13.6. The van der Waals surface area contributed by atoms with Crippen LogP contribution in [0.1, 0.15) is 16.1 Å². The third-order valence-corrected chi connectivity index (χ3v) is 6.75. The minimum atomic E-state index is -3.98. The Morgan fingerprint density at radius 2 is 1.90 bits per heavy atom. The normalized spacial score (nSPS) is 11.5. The first-order chi connectivity index (χ1) is 14.4. The highest BCUT2D eigenvalue weighted by Crippen LogP contribution is 2.29. The number of furan rings is 1. The number of nitrogens with zero attached hydrogens (tertiary/aromatic N) is 1. The van der Waals surface area contributed by atoms with Crippen LogP contribution in [0.25, 0.3) is 11.0 Å². The summed E-state index contributed by atoms with van der Waals surface area (Å²) in [6.07, 6.45) is 3.13. The lowest BCUT2D eigenvalue weighted by Gasteiger charge is -2.08. The fraction of sp³-hybridized carbons (Fsp3) is 0.0476. The largest absolute Gasteiger partial charge is 0.449 e. The van der Waals surface area contributed by atoms with Crippen LogP contribution in [-0.4, -0.2) is 19.3 Å². The Kier molecular flexibility index (Phi) is 5.27. The summed E-state index contributed by atoms with van der Waals surface area (Å²) in [5, 5.41) is 3.02. The molecule has 9 heteroatoms. The maximum atomic E-state index is 13.6. The molecular formula is C21H14ClFN2O4S. The fourth-order valence-corrected chi connectivity index (χ4v) is 4.64. The molecule has 0 aliphatic carbocycles. The number of carbonyl (C=O) groups excluding carboxylic acids is 1. The van der Waals surface area contributed by atoms with Gasteiger partial charge in [-0.1, -0.05) is 29.8 Å². The lowest BCUT2D eigenvalue weighted by atomic mass is 10.2. The van der Waals surface area contributed by atoms with Crippen molar-refractivity contribution in [3.63, 3.8) is 0 Å². The van der Waals surface area contributed by atoms with Crippen LogP contribution in [0.5, 0.6) is 0 Å². The predicted octanol–water partition coefficient (Wildman–Crippen LogP) is 4.38. The van der Waals surface area contributed by atoms with Gasteiger partial charge in [-0.25, -0.2) is 12.8 Å². The van der Waals surface area contributed by atoms with Crippen molar-refractivity contribution in [1.29, 1.82) is 0 Å². The van der Waals surface area contributed by atoms with Crippen molar-refractivity contribution >= 4 is 38.3 Å². The summed E-state index contributed by atoms with van der Waals surface area (Å²) in [6, 6.07) is 12.8. The van der Waals surface area contributed by atoms with E-state index in [1.54, 1.807) is 30.5 Å². The molecule has 0 atom stereocenters. The Labute approximate surface area is 176 Å². The molecule has 4 aromatic rings. The highest BCUT2D eigenvalue weighted by atomic mass is 35.5. The zero-order chi connectivity index (χ0) is 21.3. The van der Waals surface area contributed by atoms with E-state index in [4.69, 9.17) is 16.0 Å². The van der Waals surface area contributed by atoms with Gasteiger partial charge in [-0.15, -0.1) is 0 Å². The Hall–Kier alpha value is -3.23. The number of aromatic nitrogens is 1. The first-order valence-electron chi connectivity index (χ1n) is 8.76. The van der Waals surface area contributed by atoms with Crippen molar-refractivity contribution < 1.29 is 22.0 Å². The molecule has 0 bridgehead atoms. The van der Waals surface area contributed by atoms with Gasteiger partial charge < -0.3 is 9.73 Å². The Morgan fingerprint density at radius 3 is 2.63 bits per heavy atom. The minimum absolute atomic E-state index is 0.0325. The number of halogens is 2. The van der Waals surface area contributed by atoms with Gasteiger partial charge in [0.2, 0.25) is 9.84 Å². The van der Waals surface area contributed by atoms with E-state index in [-0.39, 0.29) is 22.1 Å². The molecule has 0 radical (unpaired) electrons. The molecule has 30 heavy (non-hydrogen) atoms. The molecule has 2 aromatic carbocycles. The van der Waals surface area contributed by atoms with Crippen LogP contribution in [0.4, 0.5) is 4.39 Å². The molecule has 152 valence electrons. The highest BCUT2D eigenvalue weighted by molar-refractivity contribution is 7.91. The standard InChI is InChI=1S/C21H14ClFN2O4S/c22-20-16(23)2-1-3-19(20)30(27,28)15-6-4-13(5-7-15)11-25-21(26)17-10-14-8-9-24-12-18(14)29-17/h1-10,12H,11H2,(H,25,26). The SMILES string of the molecule is O=C(NCc1ccc(S(=O)(=O)c2cccc(F)c2Cl)cc1)c1cc2ccncc2o1. The average molecular weight is 445 g/mol. The van der Waals surface area contributed by atoms with Crippen molar-refractivity contribution in [3.8, 4) is 0 Å². The molecule has 2 heterocycles. The molecule has 4 rings (SSSR count). The van der Waals surface area contributed by atoms with Gasteiger partial charge >= 0.3 is 0 Å². The van der Waals surface area contributed by atoms with Crippen LogP contribution in [0, 0.1) is 5.82 Å². The first-order valence-corrected chi connectivity index (χ1v) is 10.6. The Balaban J connectivity index is 1.48. The molecule has 2 aromatic heterocycles. The molecule has 6 nitrogen and oxygen atoms in total. The number of sulfone groups is 1. The molecular weight excluding hydrogens is 431 g/mol. The third kappa shape index (κ3) is 3.79. The van der Waals surface area contributed by atoms with Crippen LogP contribution in [0.2, 0.25) is 5.02 Å². The molecule has 0 aliphatic rings. The van der Waals surface area contributed by atoms with Crippen LogP contribution in [-0.2, 0) is 16.4 Å². The monoisotopic (exact) mass is 444 g/mol. The Bertz CT molecular complexity index is 1320. The quantitative estimate of drug-likeness (QED) is 0.493. The molecule has 0 aliphatic heterocycles. The number of carbonyl (C=O) groups is 1. The van der Waals surface area contributed by atoms with Gasteiger partial charge in [0.25, 0.3) is 5.91 Å². The zero-order valence-corrected chi connectivity index (χ0v) is 16.9. The molecule has 1 N–H and O–H groups in total. The molecule has 0 fully saturated rings. The number of pyridine rings is 1. The first kappa shape index (κ1) is 20.1.